The number of carbonyl (C=O) groups excluding carboxylic acids is 2. The van der Waals surface area contributed by atoms with Gasteiger partial charge in [0.25, 0.3) is 0 Å². The molecule has 1 aliphatic carbocycles. The molecule has 1 saturated heterocycles. The minimum absolute atomic E-state index is 0.0960. The molecule has 1 saturated carbocycles. The van der Waals surface area contributed by atoms with Crippen molar-refractivity contribution in [3.63, 3.8) is 0 Å². The summed E-state index contributed by atoms with van der Waals surface area (Å²) in [4.78, 5) is 26.0. The normalized spacial score (nSPS) is 20.1. The third kappa shape index (κ3) is 4.01. The quantitative estimate of drug-likeness (QED) is 0.863. The Balaban J connectivity index is 1.50. The fourth-order valence-corrected chi connectivity index (χ4v) is 2.95. The largest absolute Gasteiger partial charge is 0.352 e. The molecule has 1 aromatic rings. The van der Waals surface area contributed by atoms with Gasteiger partial charge < -0.3 is 15.5 Å². The summed E-state index contributed by atoms with van der Waals surface area (Å²) in [5, 5.41) is 5.62. The lowest BCUT2D eigenvalue weighted by molar-refractivity contribution is -0.124. The number of halogens is 2. The van der Waals surface area contributed by atoms with Gasteiger partial charge in [0.05, 0.1) is 0 Å². The van der Waals surface area contributed by atoms with E-state index in [0.29, 0.717) is 13.0 Å². The van der Waals surface area contributed by atoms with Gasteiger partial charge in [0.15, 0.2) is 0 Å². The summed E-state index contributed by atoms with van der Waals surface area (Å²) < 4.78 is 26.7. The van der Waals surface area contributed by atoms with Gasteiger partial charge in [-0.2, -0.15) is 0 Å². The van der Waals surface area contributed by atoms with E-state index in [0.717, 1.165) is 37.5 Å². The first-order valence-corrected chi connectivity index (χ1v) is 8.33. The molecule has 5 nitrogen and oxygen atoms in total. The molecule has 3 rings (SSSR count). The molecule has 7 heteroatoms. The molecule has 1 aliphatic heterocycles. The Morgan fingerprint density at radius 2 is 2.00 bits per heavy atom. The number of amides is 3. The topological polar surface area (TPSA) is 61.4 Å². The van der Waals surface area contributed by atoms with Crippen molar-refractivity contribution in [2.45, 2.75) is 44.2 Å². The van der Waals surface area contributed by atoms with Crippen LogP contribution in [0.1, 0.15) is 31.2 Å². The van der Waals surface area contributed by atoms with E-state index in [1.165, 1.54) is 4.90 Å². The van der Waals surface area contributed by atoms with Crippen molar-refractivity contribution in [3.05, 3.63) is 35.4 Å². The first-order valence-electron chi connectivity index (χ1n) is 8.33. The molecule has 0 unspecified atom stereocenters. The van der Waals surface area contributed by atoms with Gasteiger partial charge in [0.1, 0.15) is 17.7 Å². The minimum atomic E-state index is -0.505. The zero-order valence-corrected chi connectivity index (χ0v) is 13.4. The molecule has 0 aromatic heterocycles. The third-order valence-electron chi connectivity index (χ3n) is 4.42. The lowest BCUT2D eigenvalue weighted by Gasteiger charge is -2.24. The standard InChI is InChI=1S/C17H21F2N3O2/c18-12-3-6-14(19)11(10-12)7-8-20-17(24)22-9-1-2-15(22)16(23)21-13-4-5-13/h3,6,10,13,15H,1-2,4-5,7-9H2,(H,20,24)(H,21,23)/t15-/m1/s1. The van der Waals surface area contributed by atoms with Crippen molar-refractivity contribution < 1.29 is 18.4 Å². The molecular weight excluding hydrogens is 316 g/mol. The Morgan fingerprint density at radius 1 is 1.21 bits per heavy atom. The molecule has 0 radical (unpaired) electrons. The van der Waals surface area contributed by atoms with E-state index in [4.69, 9.17) is 0 Å². The Hall–Kier alpha value is -2.18. The summed E-state index contributed by atoms with van der Waals surface area (Å²) in [5.74, 6) is -1.09. The highest BCUT2D eigenvalue weighted by molar-refractivity contribution is 5.88. The lowest BCUT2D eigenvalue weighted by Crippen LogP contribution is -2.50. The van der Waals surface area contributed by atoms with Gasteiger partial charge in [-0.25, -0.2) is 13.6 Å². The molecule has 130 valence electrons. The highest BCUT2D eigenvalue weighted by atomic mass is 19.1. The number of nitrogens with one attached hydrogen (secondary N) is 2. The maximum atomic E-state index is 13.5. The Bertz CT molecular complexity index is 634. The second-order valence-corrected chi connectivity index (χ2v) is 6.35. The van der Waals surface area contributed by atoms with Crippen LogP contribution in [0.4, 0.5) is 13.6 Å². The van der Waals surface area contributed by atoms with Gasteiger partial charge in [0.2, 0.25) is 5.91 Å². The number of carbonyl (C=O) groups is 2. The van der Waals surface area contributed by atoms with E-state index in [-0.39, 0.29) is 36.5 Å². The van der Waals surface area contributed by atoms with Gasteiger partial charge in [-0.3, -0.25) is 4.79 Å². The number of benzene rings is 1. The molecule has 2 aliphatic rings. The highest BCUT2D eigenvalue weighted by Gasteiger charge is 2.36. The van der Waals surface area contributed by atoms with Gasteiger partial charge in [0, 0.05) is 19.1 Å². The molecule has 0 bridgehead atoms. The van der Waals surface area contributed by atoms with E-state index in [1.807, 2.05) is 0 Å². The van der Waals surface area contributed by atoms with Crippen LogP contribution < -0.4 is 10.6 Å². The first kappa shape index (κ1) is 16.7. The zero-order valence-electron chi connectivity index (χ0n) is 13.4. The lowest BCUT2D eigenvalue weighted by atomic mass is 10.1. The van der Waals surface area contributed by atoms with Crippen LogP contribution in [0.2, 0.25) is 0 Å². The van der Waals surface area contributed by atoms with Crippen molar-refractivity contribution in [2.75, 3.05) is 13.1 Å². The monoisotopic (exact) mass is 337 g/mol. The zero-order chi connectivity index (χ0) is 17.1. The SMILES string of the molecule is O=C(NC1CC1)[C@H]1CCCN1C(=O)NCCc1cc(F)ccc1F. The number of hydrogen-bond acceptors (Lipinski definition) is 2. The fraction of sp³-hybridized carbons (Fsp3) is 0.529. The predicted octanol–water partition coefficient (Wildman–Crippen LogP) is 1.96. The van der Waals surface area contributed by atoms with Crippen LogP contribution in [0.3, 0.4) is 0 Å². The molecule has 24 heavy (non-hydrogen) atoms. The van der Waals surface area contributed by atoms with E-state index in [1.54, 1.807) is 0 Å². The molecule has 1 atom stereocenters. The molecule has 2 fully saturated rings. The van der Waals surface area contributed by atoms with Gasteiger partial charge in [-0.15, -0.1) is 0 Å². The van der Waals surface area contributed by atoms with Crippen molar-refractivity contribution in [1.82, 2.24) is 15.5 Å². The van der Waals surface area contributed by atoms with Crippen LogP contribution >= 0.6 is 0 Å². The Kier molecular flexibility index (Phi) is 4.97. The van der Waals surface area contributed by atoms with Crippen LogP contribution in [0, 0.1) is 11.6 Å². The average molecular weight is 337 g/mol. The van der Waals surface area contributed by atoms with E-state index >= 15 is 0 Å². The smallest absolute Gasteiger partial charge is 0.318 e. The first-order chi connectivity index (χ1) is 11.5. The second-order valence-electron chi connectivity index (χ2n) is 6.35. The maximum absolute atomic E-state index is 13.5. The Morgan fingerprint density at radius 3 is 2.75 bits per heavy atom. The summed E-state index contributed by atoms with van der Waals surface area (Å²) in [7, 11) is 0. The van der Waals surface area contributed by atoms with Crippen LogP contribution in [0.25, 0.3) is 0 Å². The second kappa shape index (κ2) is 7.15. The van der Waals surface area contributed by atoms with Crippen molar-refractivity contribution in [2.24, 2.45) is 0 Å². The number of likely N-dealkylation sites (tertiary alicyclic amines) is 1. The van der Waals surface area contributed by atoms with Crippen LogP contribution in [0.5, 0.6) is 0 Å². The molecule has 0 spiro atoms. The molecule has 1 aromatic carbocycles. The average Bonchev–Trinajstić information content (AvgIpc) is 3.22. The molecule has 2 N–H and O–H groups in total. The van der Waals surface area contributed by atoms with E-state index in [2.05, 4.69) is 10.6 Å². The van der Waals surface area contributed by atoms with Crippen LogP contribution in [0.15, 0.2) is 18.2 Å². The fourth-order valence-electron chi connectivity index (χ4n) is 2.95. The van der Waals surface area contributed by atoms with Crippen molar-refractivity contribution in [1.29, 1.82) is 0 Å². The summed E-state index contributed by atoms with van der Waals surface area (Å²) in [6.45, 7) is 0.718. The summed E-state index contributed by atoms with van der Waals surface area (Å²) in [6.07, 6.45) is 3.65. The Labute approximate surface area is 139 Å². The van der Waals surface area contributed by atoms with Crippen LogP contribution in [-0.2, 0) is 11.2 Å². The van der Waals surface area contributed by atoms with E-state index in [9.17, 15) is 18.4 Å². The summed E-state index contributed by atoms with van der Waals surface area (Å²) >= 11 is 0. The number of hydrogen-bond donors (Lipinski definition) is 2. The number of rotatable bonds is 5. The highest BCUT2D eigenvalue weighted by Crippen LogP contribution is 2.22. The summed E-state index contributed by atoms with van der Waals surface area (Å²) in [5.41, 5.74) is 0.222. The number of nitrogens with zero attached hydrogens (tertiary/aromatic N) is 1. The predicted molar refractivity (Wildman–Crippen MR) is 84.4 cm³/mol. The summed E-state index contributed by atoms with van der Waals surface area (Å²) in [6, 6.07) is 2.76. The molecular formula is C17H21F2N3O2. The molecule has 1 heterocycles. The van der Waals surface area contributed by atoms with Crippen molar-refractivity contribution >= 4 is 11.9 Å². The maximum Gasteiger partial charge on any atom is 0.318 e. The minimum Gasteiger partial charge on any atom is -0.352 e. The number of urea groups is 1. The van der Waals surface area contributed by atoms with Gasteiger partial charge in [-0.1, -0.05) is 0 Å². The van der Waals surface area contributed by atoms with Gasteiger partial charge in [-0.05, 0) is 55.9 Å². The van der Waals surface area contributed by atoms with Crippen molar-refractivity contribution in [3.8, 4) is 0 Å². The molecule has 3 amide bonds. The third-order valence-corrected chi connectivity index (χ3v) is 4.42. The van der Waals surface area contributed by atoms with E-state index < -0.39 is 17.7 Å². The van der Waals surface area contributed by atoms with Crippen LogP contribution in [-0.4, -0.2) is 42.0 Å². The van der Waals surface area contributed by atoms with Gasteiger partial charge >= 0.3 is 6.03 Å².